The second-order valence-electron chi connectivity index (χ2n) is 5.30. The van der Waals surface area contributed by atoms with Crippen LogP contribution < -0.4 is 10.6 Å². The minimum absolute atomic E-state index is 0.190. The molecule has 0 aliphatic carbocycles. The van der Waals surface area contributed by atoms with E-state index in [4.69, 9.17) is 5.73 Å². The molecule has 1 atom stereocenters. The number of hydrogen-bond acceptors (Lipinski definition) is 3. The summed E-state index contributed by atoms with van der Waals surface area (Å²) in [7, 11) is 2.15. The molecule has 1 aromatic carbocycles. The van der Waals surface area contributed by atoms with Gasteiger partial charge in [0.15, 0.2) is 0 Å². The molecule has 0 aliphatic rings. The minimum Gasteiger partial charge on any atom is -0.370 e. The lowest BCUT2D eigenvalue weighted by atomic mass is 10.0. The normalized spacial score (nSPS) is 12.4. The number of anilines is 1. The molecule has 0 aliphatic heterocycles. The molecule has 2 rings (SSSR count). The van der Waals surface area contributed by atoms with Crippen LogP contribution >= 0.6 is 11.3 Å². The SMILES string of the molecule is Cc1ccc(N(C)Cc2ccsc2)c(CC(C)N)c1. The zero-order valence-electron chi connectivity index (χ0n) is 11.9. The van der Waals surface area contributed by atoms with Gasteiger partial charge in [-0.3, -0.25) is 0 Å². The van der Waals surface area contributed by atoms with E-state index < -0.39 is 0 Å². The fourth-order valence-electron chi connectivity index (χ4n) is 2.34. The predicted molar refractivity (Wildman–Crippen MR) is 85.0 cm³/mol. The monoisotopic (exact) mass is 274 g/mol. The van der Waals surface area contributed by atoms with Gasteiger partial charge in [-0.1, -0.05) is 17.7 Å². The molecule has 1 heterocycles. The Bertz CT molecular complexity index is 518. The van der Waals surface area contributed by atoms with Crippen molar-refractivity contribution in [2.45, 2.75) is 32.9 Å². The van der Waals surface area contributed by atoms with Crippen molar-refractivity contribution in [3.8, 4) is 0 Å². The molecule has 0 amide bonds. The van der Waals surface area contributed by atoms with Gasteiger partial charge in [0.25, 0.3) is 0 Å². The van der Waals surface area contributed by atoms with Crippen LogP contribution in [-0.2, 0) is 13.0 Å². The Hall–Kier alpha value is -1.32. The van der Waals surface area contributed by atoms with E-state index >= 15 is 0 Å². The van der Waals surface area contributed by atoms with Gasteiger partial charge in [0, 0.05) is 25.3 Å². The highest BCUT2D eigenvalue weighted by atomic mass is 32.1. The number of nitrogens with zero attached hydrogens (tertiary/aromatic N) is 1. The van der Waals surface area contributed by atoms with Crippen molar-refractivity contribution >= 4 is 17.0 Å². The highest BCUT2D eigenvalue weighted by molar-refractivity contribution is 7.07. The first-order chi connectivity index (χ1) is 9.06. The molecule has 1 aromatic heterocycles. The van der Waals surface area contributed by atoms with Gasteiger partial charge in [-0.2, -0.15) is 11.3 Å². The summed E-state index contributed by atoms with van der Waals surface area (Å²) in [5, 5.41) is 4.33. The molecule has 2 nitrogen and oxygen atoms in total. The first kappa shape index (κ1) is 14.1. The van der Waals surface area contributed by atoms with Crippen LogP contribution in [0, 0.1) is 6.92 Å². The average Bonchev–Trinajstić information content (AvgIpc) is 2.80. The molecule has 0 saturated heterocycles. The summed E-state index contributed by atoms with van der Waals surface area (Å²) in [4.78, 5) is 2.30. The number of hydrogen-bond donors (Lipinski definition) is 1. The van der Waals surface area contributed by atoms with Crippen molar-refractivity contribution in [1.29, 1.82) is 0 Å². The maximum atomic E-state index is 5.96. The molecular formula is C16H22N2S. The Labute approximate surface area is 119 Å². The first-order valence-corrected chi connectivity index (χ1v) is 7.58. The molecule has 0 saturated carbocycles. The third-order valence-electron chi connectivity index (χ3n) is 3.19. The highest BCUT2D eigenvalue weighted by Crippen LogP contribution is 2.24. The van der Waals surface area contributed by atoms with E-state index in [1.807, 2.05) is 0 Å². The number of rotatable bonds is 5. The Morgan fingerprint density at radius 2 is 2.11 bits per heavy atom. The van der Waals surface area contributed by atoms with Crippen molar-refractivity contribution in [2.75, 3.05) is 11.9 Å². The summed E-state index contributed by atoms with van der Waals surface area (Å²) < 4.78 is 0. The fourth-order valence-corrected chi connectivity index (χ4v) is 3.00. The Morgan fingerprint density at radius 3 is 2.74 bits per heavy atom. The Morgan fingerprint density at radius 1 is 1.32 bits per heavy atom. The summed E-state index contributed by atoms with van der Waals surface area (Å²) in [6.07, 6.45) is 0.922. The number of nitrogens with two attached hydrogens (primary N) is 1. The molecule has 19 heavy (non-hydrogen) atoms. The first-order valence-electron chi connectivity index (χ1n) is 6.63. The fraction of sp³-hybridized carbons (Fsp3) is 0.375. The van der Waals surface area contributed by atoms with E-state index in [0.29, 0.717) is 0 Å². The zero-order chi connectivity index (χ0) is 13.8. The smallest absolute Gasteiger partial charge is 0.0434 e. The van der Waals surface area contributed by atoms with Crippen LogP contribution in [0.15, 0.2) is 35.0 Å². The Kier molecular flexibility index (Phi) is 4.61. The maximum absolute atomic E-state index is 5.96. The molecule has 2 N–H and O–H groups in total. The van der Waals surface area contributed by atoms with Crippen molar-refractivity contribution in [1.82, 2.24) is 0 Å². The van der Waals surface area contributed by atoms with Crippen LogP contribution in [0.5, 0.6) is 0 Å². The number of benzene rings is 1. The van der Waals surface area contributed by atoms with Gasteiger partial charge in [0.2, 0.25) is 0 Å². The van der Waals surface area contributed by atoms with E-state index in [0.717, 1.165) is 13.0 Å². The lowest BCUT2D eigenvalue weighted by Gasteiger charge is -2.23. The van der Waals surface area contributed by atoms with Crippen LogP contribution in [0.3, 0.4) is 0 Å². The molecule has 0 bridgehead atoms. The zero-order valence-corrected chi connectivity index (χ0v) is 12.7. The summed E-state index contributed by atoms with van der Waals surface area (Å²) >= 11 is 1.75. The van der Waals surface area contributed by atoms with Crippen molar-refractivity contribution < 1.29 is 0 Å². The third kappa shape index (κ3) is 3.82. The molecule has 102 valence electrons. The predicted octanol–water partition coefficient (Wildman–Crippen LogP) is 3.58. The minimum atomic E-state index is 0.190. The van der Waals surface area contributed by atoms with E-state index in [1.54, 1.807) is 11.3 Å². The lowest BCUT2D eigenvalue weighted by molar-refractivity contribution is 0.733. The number of aryl methyl sites for hydroxylation is 1. The molecule has 3 heteroatoms. The average molecular weight is 274 g/mol. The van der Waals surface area contributed by atoms with Crippen LogP contribution in [0.2, 0.25) is 0 Å². The lowest BCUT2D eigenvalue weighted by Crippen LogP contribution is -2.22. The van der Waals surface area contributed by atoms with Gasteiger partial charge >= 0.3 is 0 Å². The molecule has 0 spiro atoms. The van der Waals surface area contributed by atoms with Gasteiger partial charge in [-0.05, 0) is 54.3 Å². The largest absolute Gasteiger partial charge is 0.370 e. The summed E-state index contributed by atoms with van der Waals surface area (Å²) in [6.45, 7) is 5.14. The van der Waals surface area contributed by atoms with Crippen LogP contribution in [0.1, 0.15) is 23.6 Å². The van der Waals surface area contributed by atoms with Crippen molar-refractivity contribution in [2.24, 2.45) is 5.73 Å². The molecule has 0 fully saturated rings. The third-order valence-corrected chi connectivity index (χ3v) is 3.92. The van der Waals surface area contributed by atoms with Gasteiger partial charge < -0.3 is 10.6 Å². The summed E-state index contributed by atoms with van der Waals surface area (Å²) in [5.41, 5.74) is 11.2. The summed E-state index contributed by atoms with van der Waals surface area (Å²) in [6, 6.07) is 9.00. The van der Waals surface area contributed by atoms with Crippen molar-refractivity contribution in [3.63, 3.8) is 0 Å². The van der Waals surface area contributed by atoms with Gasteiger partial charge in [0.05, 0.1) is 0 Å². The summed E-state index contributed by atoms with van der Waals surface area (Å²) in [5.74, 6) is 0. The molecular weight excluding hydrogens is 252 g/mol. The quantitative estimate of drug-likeness (QED) is 0.903. The number of thiophene rings is 1. The van der Waals surface area contributed by atoms with Gasteiger partial charge in [0.1, 0.15) is 0 Å². The molecule has 1 unspecified atom stereocenters. The standard InChI is InChI=1S/C16H22N2S/c1-12-4-5-16(15(8-12)9-13(2)17)18(3)10-14-6-7-19-11-14/h4-8,11,13H,9-10,17H2,1-3H3. The van der Waals surface area contributed by atoms with E-state index in [-0.39, 0.29) is 6.04 Å². The second kappa shape index (κ2) is 6.22. The highest BCUT2D eigenvalue weighted by Gasteiger charge is 2.10. The maximum Gasteiger partial charge on any atom is 0.0434 e. The van der Waals surface area contributed by atoms with E-state index in [2.05, 4.69) is 60.8 Å². The van der Waals surface area contributed by atoms with Crippen molar-refractivity contribution in [3.05, 3.63) is 51.7 Å². The second-order valence-corrected chi connectivity index (χ2v) is 6.08. The molecule has 2 aromatic rings. The topological polar surface area (TPSA) is 29.3 Å². The van der Waals surface area contributed by atoms with E-state index in [1.165, 1.54) is 22.4 Å². The van der Waals surface area contributed by atoms with Crippen LogP contribution in [0.25, 0.3) is 0 Å². The van der Waals surface area contributed by atoms with Crippen LogP contribution in [-0.4, -0.2) is 13.1 Å². The van der Waals surface area contributed by atoms with Crippen LogP contribution in [0.4, 0.5) is 5.69 Å². The molecule has 0 radical (unpaired) electrons. The Balaban J connectivity index is 2.22. The van der Waals surface area contributed by atoms with Gasteiger partial charge in [-0.25, -0.2) is 0 Å². The van der Waals surface area contributed by atoms with E-state index in [9.17, 15) is 0 Å². The van der Waals surface area contributed by atoms with Gasteiger partial charge in [-0.15, -0.1) is 0 Å².